The van der Waals surface area contributed by atoms with Crippen molar-refractivity contribution in [2.24, 2.45) is 5.41 Å². The fourth-order valence-corrected chi connectivity index (χ4v) is 4.10. The summed E-state index contributed by atoms with van der Waals surface area (Å²) < 4.78 is 0. The van der Waals surface area contributed by atoms with Crippen molar-refractivity contribution in [3.05, 3.63) is 69.7 Å². The number of hydrogen-bond acceptors (Lipinski definition) is 0. The molecular formula is C22H26. The molecule has 3 aliphatic rings. The molecule has 0 aromatic heterocycles. The Morgan fingerprint density at radius 3 is 2.32 bits per heavy atom. The van der Waals surface area contributed by atoms with E-state index in [4.69, 9.17) is 0 Å². The summed E-state index contributed by atoms with van der Waals surface area (Å²) in [4.78, 5) is 0. The van der Waals surface area contributed by atoms with Crippen LogP contribution in [0.3, 0.4) is 0 Å². The van der Waals surface area contributed by atoms with Crippen molar-refractivity contribution in [2.75, 3.05) is 0 Å². The molecule has 0 aliphatic heterocycles. The van der Waals surface area contributed by atoms with Crippen LogP contribution in [0.4, 0.5) is 0 Å². The molecule has 0 nitrogen and oxygen atoms in total. The molecule has 0 N–H and O–H groups in total. The maximum Gasteiger partial charge on any atom is 0.0237 e. The van der Waals surface area contributed by atoms with Crippen LogP contribution >= 0.6 is 0 Å². The first-order valence-corrected chi connectivity index (χ1v) is 7.94. The van der Waals surface area contributed by atoms with Crippen LogP contribution in [-0.2, 0) is 0 Å². The smallest absolute Gasteiger partial charge is 0.0237 e. The van der Waals surface area contributed by atoms with Gasteiger partial charge in [-0.15, -0.1) is 0 Å². The zero-order valence-corrected chi connectivity index (χ0v) is 13.1. The Kier molecular flexibility index (Phi) is 3.51. The minimum Gasteiger partial charge on any atom is -0.0841 e. The van der Waals surface area contributed by atoms with Gasteiger partial charge in [0, 0.05) is 11.8 Å². The van der Waals surface area contributed by atoms with Gasteiger partial charge in [-0.05, 0) is 40.3 Å². The summed E-state index contributed by atoms with van der Waals surface area (Å²) in [6, 6.07) is 4.59. The molecule has 22 heavy (non-hydrogen) atoms. The number of rotatable bonds is 0. The van der Waals surface area contributed by atoms with Crippen LogP contribution in [0.1, 0.15) is 57.6 Å². The molecule has 1 aromatic rings. The van der Waals surface area contributed by atoms with Gasteiger partial charge in [-0.25, -0.2) is 0 Å². The predicted molar refractivity (Wildman–Crippen MR) is 97.3 cm³/mol. The lowest BCUT2D eigenvalue weighted by atomic mass is 9.65. The highest BCUT2D eigenvalue weighted by molar-refractivity contribution is 5.59. The van der Waals surface area contributed by atoms with Gasteiger partial charge in [0.15, 0.2) is 0 Å². The highest BCUT2D eigenvalue weighted by Gasteiger charge is 2.35. The van der Waals surface area contributed by atoms with Gasteiger partial charge in [0.1, 0.15) is 0 Å². The largest absolute Gasteiger partial charge is 0.0841 e. The monoisotopic (exact) mass is 290 g/mol. The molecule has 0 fully saturated rings. The molecule has 0 amide bonds. The van der Waals surface area contributed by atoms with Crippen molar-refractivity contribution in [1.82, 2.24) is 0 Å². The van der Waals surface area contributed by atoms with E-state index in [0.717, 1.165) is 6.42 Å². The van der Waals surface area contributed by atoms with Gasteiger partial charge in [-0.2, -0.15) is 0 Å². The van der Waals surface area contributed by atoms with Crippen LogP contribution in [0.25, 0.3) is 12.2 Å². The Bertz CT molecular complexity index is 812. The second-order valence-corrected chi connectivity index (χ2v) is 7.27. The Morgan fingerprint density at radius 1 is 0.955 bits per heavy atom. The second kappa shape index (κ2) is 5.12. The third-order valence-electron chi connectivity index (χ3n) is 5.42. The van der Waals surface area contributed by atoms with Gasteiger partial charge in [-0.1, -0.05) is 81.5 Å². The second-order valence-electron chi connectivity index (χ2n) is 7.27. The molecule has 0 heteroatoms. The maximum absolute atomic E-state index is 2.46. The topological polar surface area (TPSA) is 0 Å². The van der Waals surface area contributed by atoms with E-state index in [2.05, 4.69) is 75.4 Å². The zero-order valence-electron chi connectivity index (χ0n) is 13.1. The van der Waals surface area contributed by atoms with Crippen molar-refractivity contribution < 1.29 is 0 Å². The van der Waals surface area contributed by atoms with Gasteiger partial charge in [0.25, 0.3) is 0 Å². The molecule has 2 unspecified atom stereocenters. The summed E-state index contributed by atoms with van der Waals surface area (Å²) in [5.41, 5.74) is 4.87. The van der Waals surface area contributed by atoms with E-state index in [9.17, 15) is 0 Å². The van der Waals surface area contributed by atoms with Crippen LogP contribution in [0.5, 0.6) is 0 Å². The minimum absolute atomic E-state index is 0. The summed E-state index contributed by atoms with van der Waals surface area (Å²) in [5.74, 6) is 0.970. The fraction of sp³-hybridized carbons (Fsp3) is 0.364. The van der Waals surface area contributed by atoms with E-state index >= 15 is 0 Å². The van der Waals surface area contributed by atoms with Gasteiger partial charge in [0.05, 0.1) is 0 Å². The zero-order chi connectivity index (χ0) is 14.6. The lowest BCUT2D eigenvalue weighted by Gasteiger charge is -2.38. The van der Waals surface area contributed by atoms with Gasteiger partial charge in [-0.3, -0.25) is 0 Å². The molecule has 114 valence electrons. The van der Waals surface area contributed by atoms with Crippen LogP contribution in [0, 0.1) is 5.41 Å². The summed E-state index contributed by atoms with van der Waals surface area (Å²) in [6.07, 6.45) is 17.4. The Morgan fingerprint density at radius 2 is 1.59 bits per heavy atom. The van der Waals surface area contributed by atoms with E-state index in [1.165, 1.54) is 16.0 Å². The predicted octanol–water partition coefficient (Wildman–Crippen LogP) is 4.57. The lowest BCUT2D eigenvalue weighted by molar-refractivity contribution is 0.322. The van der Waals surface area contributed by atoms with Crippen LogP contribution in [0.2, 0.25) is 0 Å². The number of allylic oxidation sites excluding steroid dienone is 6. The molecule has 4 rings (SSSR count). The van der Waals surface area contributed by atoms with Crippen molar-refractivity contribution in [3.63, 3.8) is 0 Å². The van der Waals surface area contributed by atoms with Crippen molar-refractivity contribution in [2.45, 2.75) is 46.5 Å². The molecule has 0 saturated carbocycles. The van der Waals surface area contributed by atoms with Crippen LogP contribution in [-0.4, -0.2) is 0 Å². The molecule has 0 heterocycles. The van der Waals surface area contributed by atoms with E-state index in [0.29, 0.717) is 11.8 Å². The first-order valence-electron chi connectivity index (χ1n) is 7.94. The molecule has 0 saturated heterocycles. The van der Waals surface area contributed by atoms with E-state index < -0.39 is 0 Å². The minimum atomic E-state index is 0. The van der Waals surface area contributed by atoms with Gasteiger partial charge < -0.3 is 0 Å². The number of benzene rings is 1. The Labute approximate surface area is 134 Å². The SMILES string of the molecule is C.C/C1=C\CC(C)(C)C2C=CC=c3ccc4c(c32)C1C=CC=4. The third kappa shape index (κ3) is 2.05. The van der Waals surface area contributed by atoms with Gasteiger partial charge in [0.2, 0.25) is 0 Å². The first kappa shape index (κ1) is 15.1. The quantitative estimate of drug-likeness (QED) is 0.614. The van der Waals surface area contributed by atoms with Crippen molar-refractivity contribution in [1.29, 1.82) is 0 Å². The molecule has 3 aliphatic carbocycles. The first-order chi connectivity index (χ1) is 10.1. The average Bonchev–Trinajstić information content (AvgIpc) is 2.50. The van der Waals surface area contributed by atoms with Gasteiger partial charge >= 0.3 is 0 Å². The normalized spacial score (nSPS) is 28.8. The average molecular weight is 290 g/mol. The summed E-state index contributed by atoms with van der Waals surface area (Å²) in [5, 5.41) is 2.82. The highest BCUT2D eigenvalue weighted by Crippen LogP contribution is 2.45. The molecule has 1 aromatic carbocycles. The van der Waals surface area contributed by atoms with E-state index in [1.54, 1.807) is 11.1 Å². The maximum atomic E-state index is 2.46. The molecule has 0 radical (unpaired) electrons. The van der Waals surface area contributed by atoms with Crippen LogP contribution < -0.4 is 10.4 Å². The van der Waals surface area contributed by atoms with Crippen LogP contribution in [0.15, 0.2) is 48.1 Å². The Balaban J connectivity index is 0.00000144. The molecule has 0 bridgehead atoms. The fourth-order valence-electron chi connectivity index (χ4n) is 4.10. The Hall–Kier alpha value is -1.82. The van der Waals surface area contributed by atoms with Crippen molar-refractivity contribution in [3.8, 4) is 0 Å². The highest BCUT2D eigenvalue weighted by atomic mass is 14.4. The summed E-state index contributed by atoms with van der Waals surface area (Å²) in [7, 11) is 0. The lowest BCUT2D eigenvalue weighted by Crippen LogP contribution is -2.34. The molecular weight excluding hydrogens is 264 g/mol. The van der Waals surface area contributed by atoms with E-state index in [-0.39, 0.29) is 12.8 Å². The summed E-state index contributed by atoms with van der Waals surface area (Å²) in [6.45, 7) is 7.11. The molecule has 0 spiro atoms. The molecule has 2 atom stereocenters. The summed E-state index contributed by atoms with van der Waals surface area (Å²) >= 11 is 0. The standard InChI is InChI=1S/C21H22.CH4/c1-14-12-13-21(2,3)18-9-5-7-16-11-10-15-6-4-8-17(14)19(15)20(16)18;/h4-12,17-18H,13H2,1-3H3;1H4/b14-12+;. The van der Waals surface area contributed by atoms with Crippen molar-refractivity contribution >= 4 is 12.2 Å². The number of hydrogen-bond donors (Lipinski definition) is 0. The third-order valence-corrected chi connectivity index (χ3v) is 5.42. The van der Waals surface area contributed by atoms with E-state index in [1.807, 2.05) is 0 Å².